The molecule has 6 heteroatoms. The van der Waals surface area contributed by atoms with Crippen molar-refractivity contribution < 1.29 is 18.4 Å². The first kappa shape index (κ1) is 15.5. The van der Waals surface area contributed by atoms with Crippen LogP contribution in [0.2, 0.25) is 0 Å². The number of nitrogens with one attached hydrogen (secondary N) is 1. The van der Waals surface area contributed by atoms with E-state index in [1.165, 1.54) is 6.26 Å². The minimum absolute atomic E-state index is 0.0290. The molecule has 3 heterocycles. The highest BCUT2D eigenvalue weighted by Crippen LogP contribution is 2.20. The average Bonchev–Trinajstić information content (AvgIpc) is 3.31. The lowest BCUT2D eigenvalue weighted by atomic mass is 10.0. The van der Waals surface area contributed by atoms with Crippen LogP contribution in [0, 0.1) is 0 Å². The van der Waals surface area contributed by atoms with Crippen molar-refractivity contribution in [1.82, 2.24) is 10.2 Å². The molecule has 4 rings (SSSR count). The summed E-state index contributed by atoms with van der Waals surface area (Å²) < 4.78 is 10.7. The molecular weight excluding hydrogens is 320 g/mol. The normalized spacial score (nSPS) is 15.4. The molecule has 0 saturated carbocycles. The summed E-state index contributed by atoms with van der Waals surface area (Å²) in [5, 5.41) is 3.91. The van der Waals surface area contributed by atoms with E-state index in [1.54, 1.807) is 23.1 Å². The minimum atomic E-state index is -0.216. The fourth-order valence-electron chi connectivity index (χ4n) is 3.13. The molecule has 1 fully saturated rings. The maximum absolute atomic E-state index is 12.4. The number of furan rings is 2. The number of nitrogens with zero attached hydrogens (tertiary/aromatic N) is 1. The van der Waals surface area contributed by atoms with Crippen LogP contribution in [0.25, 0.3) is 11.0 Å². The molecule has 128 valence electrons. The number of hydrogen-bond acceptors (Lipinski definition) is 4. The van der Waals surface area contributed by atoms with Gasteiger partial charge in [0.15, 0.2) is 11.5 Å². The number of benzene rings is 1. The second-order valence-electron chi connectivity index (χ2n) is 6.17. The highest BCUT2D eigenvalue weighted by atomic mass is 16.3. The van der Waals surface area contributed by atoms with E-state index in [2.05, 4.69) is 5.32 Å². The van der Waals surface area contributed by atoms with Crippen LogP contribution in [0.4, 0.5) is 0 Å². The number of para-hydroxylation sites is 1. The van der Waals surface area contributed by atoms with Crippen LogP contribution in [0.15, 0.2) is 57.6 Å². The summed E-state index contributed by atoms with van der Waals surface area (Å²) in [6.45, 7) is 1.18. The Bertz CT molecular complexity index is 856. The van der Waals surface area contributed by atoms with E-state index < -0.39 is 0 Å². The van der Waals surface area contributed by atoms with E-state index in [9.17, 15) is 9.59 Å². The number of carbonyl (C=O) groups excluding carboxylic acids is 2. The summed E-state index contributed by atoms with van der Waals surface area (Å²) in [5.74, 6) is 0.346. The molecule has 0 unspecified atom stereocenters. The molecular formula is C19H18N2O4. The van der Waals surface area contributed by atoms with Gasteiger partial charge in [0.1, 0.15) is 5.58 Å². The molecule has 1 saturated heterocycles. The van der Waals surface area contributed by atoms with Crippen molar-refractivity contribution in [2.45, 2.75) is 18.9 Å². The van der Waals surface area contributed by atoms with Gasteiger partial charge in [-0.2, -0.15) is 0 Å². The molecule has 2 amide bonds. The van der Waals surface area contributed by atoms with E-state index in [-0.39, 0.29) is 17.9 Å². The summed E-state index contributed by atoms with van der Waals surface area (Å²) in [7, 11) is 0. The maximum atomic E-state index is 12.4. The third kappa shape index (κ3) is 3.15. The predicted molar refractivity (Wildman–Crippen MR) is 91.3 cm³/mol. The molecule has 1 aliphatic rings. The fraction of sp³-hybridized carbons (Fsp3) is 0.263. The van der Waals surface area contributed by atoms with Crippen LogP contribution in [0.1, 0.15) is 34.0 Å². The lowest BCUT2D eigenvalue weighted by Crippen LogP contribution is -2.46. The van der Waals surface area contributed by atoms with E-state index >= 15 is 0 Å². The van der Waals surface area contributed by atoms with Gasteiger partial charge in [0.05, 0.1) is 6.26 Å². The Kier molecular flexibility index (Phi) is 4.01. The molecule has 3 aromatic rings. The van der Waals surface area contributed by atoms with Gasteiger partial charge in [0, 0.05) is 24.5 Å². The summed E-state index contributed by atoms with van der Waals surface area (Å²) in [6, 6.07) is 12.7. The smallest absolute Gasteiger partial charge is 0.289 e. The van der Waals surface area contributed by atoms with E-state index in [0.717, 1.165) is 5.39 Å². The third-order valence-corrected chi connectivity index (χ3v) is 4.50. The largest absolute Gasteiger partial charge is 0.459 e. The highest BCUT2D eigenvalue weighted by Gasteiger charge is 2.26. The fourth-order valence-corrected chi connectivity index (χ4v) is 3.13. The van der Waals surface area contributed by atoms with Gasteiger partial charge in [-0.25, -0.2) is 0 Å². The first-order valence-electron chi connectivity index (χ1n) is 8.33. The van der Waals surface area contributed by atoms with Gasteiger partial charge in [-0.1, -0.05) is 18.2 Å². The summed E-state index contributed by atoms with van der Waals surface area (Å²) in [4.78, 5) is 26.4. The van der Waals surface area contributed by atoms with E-state index in [4.69, 9.17) is 8.83 Å². The lowest BCUT2D eigenvalue weighted by molar-refractivity contribution is 0.0665. The van der Waals surface area contributed by atoms with Crippen LogP contribution in [-0.4, -0.2) is 35.8 Å². The first-order chi connectivity index (χ1) is 12.2. The molecule has 1 aromatic carbocycles. The summed E-state index contributed by atoms with van der Waals surface area (Å²) in [5.41, 5.74) is 0.700. The number of fused-ring (bicyclic) bond motifs is 1. The Morgan fingerprint density at radius 1 is 1.04 bits per heavy atom. The Morgan fingerprint density at radius 3 is 2.56 bits per heavy atom. The number of likely N-dealkylation sites (tertiary alicyclic amines) is 1. The highest BCUT2D eigenvalue weighted by molar-refractivity contribution is 5.96. The van der Waals surface area contributed by atoms with E-state index in [0.29, 0.717) is 43.0 Å². The van der Waals surface area contributed by atoms with Crippen LogP contribution >= 0.6 is 0 Å². The number of rotatable bonds is 3. The molecule has 1 aliphatic heterocycles. The third-order valence-electron chi connectivity index (χ3n) is 4.50. The van der Waals surface area contributed by atoms with Gasteiger partial charge in [-0.15, -0.1) is 0 Å². The van der Waals surface area contributed by atoms with Crippen molar-refractivity contribution in [2.75, 3.05) is 13.1 Å². The van der Waals surface area contributed by atoms with Gasteiger partial charge in [0.2, 0.25) is 0 Å². The van der Waals surface area contributed by atoms with Crippen LogP contribution in [0.5, 0.6) is 0 Å². The van der Waals surface area contributed by atoms with Crippen molar-refractivity contribution in [3.8, 4) is 0 Å². The van der Waals surface area contributed by atoms with Crippen LogP contribution in [-0.2, 0) is 0 Å². The van der Waals surface area contributed by atoms with Gasteiger partial charge >= 0.3 is 0 Å². The average molecular weight is 338 g/mol. The number of piperidine rings is 1. The monoisotopic (exact) mass is 338 g/mol. The SMILES string of the molecule is O=C(NC1CCN(C(=O)c2ccco2)CC1)c1cc2ccccc2o1. The Labute approximate surface area is 144 Å². The van der Waals surface area contributed by atoms with E-state index in [1.807, 2.05) is 24.3 Å². The van der Waals surface area contributed by atoms with Gasteiger partial charge in [-0.3, -0.25) is 9.59 Å². The number of carbonyl (C=O) groups is 2. The predicted octanol–water partition coefficient (Wildman–Crippen LogP) is 3.06. The molecule has 0 aliphatic carbocycles. The van der Waals surface area contributed by atoms with Crippen molar-refractivity contribution in [2.24, 2.45) is 0 Å². The second-order valence-corrected chi connectivity index (χ2v) is 6.17. The molecule has 0 bridgehead atoms. The maximum Gasteiger partial charge on any atom is 0.289 e. The molecule has 0 spiro atoms. The number of hydrogen-bond donors (Lipinski definition) is 1. The Balaban J connectivity index is 1.35. The van der Waals surface area contributed by atoms with Crippen molar-refractivity contribution >= 4 is 22.8 Å². The molecule has 1 N–H and O–H groups in total. The topological polar surface area (TPSA) is 75.7 Å². The zero-order chi connectivity index (χ0) is 17.2. The Morgan fingerprint density at radius 2 is 1.84 bits per heavy atom. The van der Waals surface area contributed by atoms with Gasteiger partial charge < -0.3 is 19.1 Å². The molecule has 2 aromatic heterocycles. The first-order valence-corrected chi connectivity index (χ1v) is 8.33. The zero-order valence-corrected chi connectivity index (χ0v) is 13.6. The van der Waals surface area contributed by atoms with Crippen molar-refractivity contribution in [3.63, 3.8) is 0 Å². The molecule has 0 radical (unpaired) electrons. The Hall–Kier alpha value is -3.02. The molecule has 25 heavy (non-hydrogen) atoms. The standard InChI is InChI=1S/C19H18N2O4/c22-18(17-12-13-4-1-2-5-15(13)25-17)20-14-7-9-21(10-8-14)19(23)16-6-3-11-24-16/h1-6,11-12,14H,7-10H2,(H,20,22). The summed E-state index contributed by atoms with van der Waals surface area (Å²) >= 11 is 0. The second kappa shape index (κ2) is 6.47. The van der Waals surface area contributed by atoms with Crippen molar-refractivity contribution in [1.29, 1.82) is 0 Å². The van der Waals surface area contributed by atoms with Crippen molar-refractivity contribution in [3.05, 3.63) is 60.2 Å². The lowest BCUT2D eigenvalue weighted by Gasteiger charge is -2.31. The zero-order valence-electron chi connectivity index (χ0n) is 13.6. The van der Waals surface area contributed by atoms with Crippen LogP contribution in [0.3, 0.4) is 0 Å². The number of amides is 2. The molecule has 0 atom stereocenters. The molecule has 6 nitrogen and oxygen atoms in total. The quantitative estimate of drug-likeness (QED) is 0.796. The summed E-state index contributed by atoms with van der Waals surface area (Å²) in [6.07, 6.45) is 2.91. The van der Waals surface area contributed by atoms with Gasteiger partial charge in [0.25, 0.3) is 11.8 Å². The van der Waals surface area contributed by atoms with Gasteiger partial charge in [-0.05, 0) is 37.1 Å². The van der Waals surface area contributed by atoms with Crippen LogP contribution < -0.4 is 5.32 Å². The minimum Gasteiger partial charge on any atom is -0.459 e.